The van der Waals surface area contributed by atoms with Gasteiger partial charge in [-0.2, -0.15) is 0 Å². The highest BCUT2D eigenvalue weighted by Gasteiger charge is 2.65. The third-order valence-corrected chi connectivity index (χ3v) is 8.89. The van der Waals surface area contributed by atoms with Crippen LogP contribution in [0.1, 0.15) is 65.4 Å². The van der Waals surface area contributed by atoms with Crippen molar-refractivity contribution in [2.45, 2.75) is 88.9 Å². The maximum absolute atomic E-state index is 14.1. The van der Waals surface area contributed by atoms with Gasteiger partial charge in [0, 0.05) is 33.7 Å². The van der Waals surface area contributed by atoms with Gasteiger partial charge < -0.3 is 21.1 Å². The van der Waals surface area contributed by atoms with Gasteiger partial charge in [-0.1, -0.05) is 68.8 Å². The van der Waals surface area contributed by atoms with E-state index in [0.29, 0.717) is 48.4 Å². The number of amides is 2. The summed E-state index contributed by atoms with van der Waals surface area (Å²) in [6.07, 6.45) is 7.89. The summed E-state index contributed by atoms with van der Waals surface area (Å²) in [6, 6.07) is 4.12. The number of carbonyl (C=O) groups excluding carboxylic acids is 2. The lowest BCUT2D eigenvalue weighted by molar-refractivity contribution is -0.125. The van der Waals surface area contributed by atoms with Crippen LogP contribution in [0.3, 0.4) is 0 Å². The second kappa shape index (κ2) is 11.6. The van der Waals surface area contributed by atoms with Gasteiger partial charge in [-0.25, -0.2) is 4.39 Å². The van der Waals surface area contributed by atoms with E-state index >= 15 is 0 Å². The fraction of sp³-hybridized carbons (Fsp3) is 0.548. The molecule has 6 nitrogen and oxygen atoms in total. The Morgan fingerprint density at radius 3 is 2.60 bits per heavy atom. The lowest BCUT2D eigenvalue weighted by atomic mass is 9.62. The zero-order chi connectivity index (χ0) is 29.5. The number of aliphatic hydroxyl groups is 1. The lowest BCUT2D eigenvalue weighted by Gasteiger charge is -2.38. The molecule has 2 aliphatic heterocycles. The number of anilines is 1. The van der Waals surface area contributed by atoms with Crippen molar-refractivity contribution in [1.29, 1.82) is 0 Å². The first-order valence-corrected chi connectivity index (χ1v) is 14.6. The molecule has 2 amide bonds. The second-order valence-electron chi connectivity index (χ2n) is 12.9. The quantitative estimate of drug-likeness (QED) is 0.295. The third-order valence-electron chi connectivity index (χ3n) is 8.43. The Morgan fingerprint density at radius 1 is 1.30 bits per heavy atom. The number of nitrogens with one attached hydrogen (secondary N) is 3. The zero-order valence-corrected chi connectivity index (χ0v) is 25.1. The van der Waals surface area contributed by atoms with Crippen LogP contribution >= 0.6 is 23.2 Å². The molecule has 2 heterocycles. The Labute approximate surface area is 246 Å². The molecule has 0 unspecified atom stereocenters. The Balaban J connectivity index is 1.79. The van der Waals surface area contributed by atoms with E-state index < -0.39 is 35.7 Å². The van der Waals surface area contributed by atoms with Gasteiger partial charge in [-0.15, -0.1) is 0 Å². The molecule has 1 aromatic rings. The second-order valence-corrected chi connectivity index (χ2v) is 13.8. The predicted molar refractivity (Wildman–Crippen MR) is 159 cm³/mol. The van der Waals surface area contributed by atoms with Crippen molar-refractivity contribution in [1.82, 2.24) is 10.6 Å². The number of alkyl halides is 1. The topological polar surface area (TPSA) is 90.5 Å². The molecule has 9 heteroatoms. The average molecular weight is 593 g/mol. The van der Waals surface area contributed by atoms with Crippen LogP contribution in [0.15, 0.2) is 53.6 Å². The number of halogens is 3. The Bertz CT molecular complexity index is 1230. The minimum absolute atomic E-state index is 0.0370. The number of hydrogen-bond donors (Lipinski definition) is 4. The monoisotopic (exact) mass is 591 g/mol. The highest BCUT2D eigenvalue weighted by Crippen LogP contribution is 2.55. The normalized spacial score (nSPS) is 32.4. The van der Waals surface area contributed by atoms with Gasteiger partial charge in [0.15, 0.2) is 0 Å². The number of carbonyl (C=O) groups is 2. The van der Waals surface area contributed by atoms with Crippen molar-refractivity contribution >= 4 is 40.7 Å². The first kappa shape index (κ1) is 30.8. The Kier molecular flexibility index (Phi) is 8.92. The van der Waals surface area contributed by atoms with Crippen LogP contribution in [0.5, 0.6) is 0 Å². The number of hydrogen-bond acceptors (Lipinski definition) is 4. The van der Waals surface area contributed by atoms with E-state index in [4.69, 9.17) is 23.2 Å². The van der Waals surface area contributed by atoms with Gasteiger partial charge in [0.1, 0.15) is 12.1 Å². The Hall–Kier alpha value is -2.19. The molecule has 0 radical (unpaired) electrons. The fourth-order valence-corrected chi connectivity index (χ4v) is 6.82. The number of allylic oxidation sites excluding steroid dienone is 4. The van der Waals surface area contributed by atoms with Crippen molar-refractivity contribution in [2.24, 2.45) is 11.3 Å². The molecule has 4 rings (SSSR count). The van der Waals surface area contributed by atoms with Gasteiger partial charge in [-0.05, 0) is 73.8 Å². The first-order valence-electron chi connectivity index (χ1n) is 13.9. The standard InChI is InChI=1S/C31H40Cl2FN3O3/c1-18(7-6-8-20(33)17-34)25-26(27(38)35-21-11-13-30(5,40)14-12-21)37-24(16-29(2,3)4)31(25)22-10-9-19(32)15-23(22)36-28(31)39/h6-10,15,21,24-26,37,40H,1,11-14,16-17H2,2-5H3,(H,35,38)(H,36,39)/b7-6-,20-8+/t21?,24-,25-,26+,30?,31+/m0/s1. The van der Waals surface area contributed by atoms with E-state index in [0.717, 1.165) is 5.56 Å². The zero-order valence-electron chi connectivity index (χ0n) is 23.6. The minimum Gasteiger partial charge on any atom is -0.390 e. The van der Waals surface area contributed by atoms with Crippen LogP contribution in [0.4, 0.5) is 10.1 Å². The van der Waals surface area contributed by atoms with Gasteiger partial charge in [0.05, 0.1) is 11.6 Å². The average Bonchev–Trinajstić information content (AvgIpc) is 3.34. The van der Waals surface area contributed by atoms with Crippen molar-refractivity contribution < 1.29 is 19.1 Å². The molecule has 3 aliphatic rings. The molecule has 1 spiro atoms. The summed E-state index contributed by atoms with van der Waals surface area (Å²) in [7, 11) is 0. The summed E-state index contributed by atoms with van der Waals surface area (Å²) in [5.41, 5.74) is -0.0915. The predicted octanol–water partition coefficient (Wildman–Crippen LogP) is 5.94. The Morgan fingerprint density at radius 2 is 1.98 bits per heavy atom. The molecule has 1 saturated heterocycles. The molecule has 4 N–H and O–H groups in total. The molecule has 218 valence electrons. The molecule has 1 saturated carbocycles. The molecule has 4 atom stereocenters. The van der Waals surface area contributed by atoms with Gasteiger partial charge in [-0.3, -0.25) is 9.59 Å². The highest BCUT2D eigenvalue weighted by atomic mass is 35.5. The molecular weight excluding hydrogens is 552 g/mol. The number of benzene rings is 1. The third kappa shape index (κ3) is 6.18. The fourth-order valence-electron chi connectivity index (χ4n) is 6.57. The SMILES string of the molecule is C=C(/C=C\C=C(\Cl)CF)[C@H]1[C@H](C(=O)NC2CCC(C)(O)CC2)N[C@@H](CC(C)(C)C)[C@@]12C(=O)Nc1cc(Cl)ccc12. The van der Waals surface area contributed by atoms with Crippen molar-refractivity contribution in [2.75, 3.05) is 12.0 Å². The molecule has 0 aromatic heterocycles. The smallest absolute Gasteiger partial charge is 0.238 e. The molecular formula is C31H40Cl2FN3O3. The van der Waals surface area contributed by atoms with Gasteiger partial charge in [0.2, 0.25) is 11.8 Å². The maximum Gasteiger partial charge on any atom is 0.238 e. The maximum atomic E-state index is 14.1. The van der Waals surface area contributed by atoms with Crippen LogP contribution < -0.4 is 16.0 Å². The molecule has 0 bridgehead atoms. The summed E-state index contributed by atoms with van der Waals surface area (Å²) < 4.78 is 13.0. The molecule has 1 aliphatic carbocycles. The van der Waals surface area contributed by atoms with Crippen molar-refractivity contribution in [3.63, 3.8) is 0 Å². The van der Waals surface area contributed by atoms with Crippen LogP contribution in [0, 0.1) is 11.3 Å². The van der Waals surface area contributed by atoms with Crippen LogP contribution in [0.25, 0.3) is 0 Å². The lowest BCUT2D eigenvalue weighted by Crippen LogP contribution is -2.51. The van der Waals surface area contributed by atoms with Crippen molar-refractivity contribution in [3.05, 3.63) is 64.2 Å². The van der Waals surface area contributed by atoms with Crippen LogP contribution in [-0.2, 0) is 15.0 Å². The van der Waals surface area contributed by atoms with Crippen LogP contribution in [-0.4, -0.2) is 47.3 Å². The van der Waals surface area contributed by atoms with Crippen LogP contribution in [0.2, 0.25) is 5.02 Å². The van der Waals surface area contributed by atoms with Gasteiger partial charge >= 0.3 is 0 Å². The summed E-state index contributed by atoms with van der Waals surface area (Å²) in [5.74, 6) is -1.08. The highest BCUT2D eigenvalue weighted by molar-refractivity contribution is 6.31. The van der Waals surface area contributed by atoms with E-state index in [1.54, 1.807) is 24.3 Å². The van der Waals surface area contributed by atoms with E-state index in [2.05, 4.69) is 43.3 Å². The van der Waals surface area contributed by atoms with Gasteiger partial charge in [0.25, 0.3) is 0 Å². The molecule has 1 aromatic carbocycles. The van der Waals surface area contributed by atoms with E-state index in [1.165, 1.54) is 6.08 Å². The minimum atomic E-state index is -1.14. The first-order chi connectivity index (χ1) is 18.7. The molecule has 40 heavy (non-hydrogen) atoms. The summed E-state index contributed by atoms with van der Waals surface area (Å²) in [5, 5.41) is 20.7. The number of rotatable bonds is 7. The van der Waals surface area contributed by atoms with Crippen molar-refractivity contribution in [3.8, 4) is 0 Å². The summed E-state index contributed by atoms with van der Waals surface area (Å²) in [6.45, 7) is 11.7. The number of fused-ring (bicyclic) bond motifs is 2. The van der Waals surface area contributed by atoms with E-state index in [-0.39, 0.29) is 28.3 Å². The molecule has 2 fully saturated rings. The van der Waals surface area contributed by atoms with E-state index in [9.17, 15) is 19.1 Å². The largest absolute Gasteiger partial charge is 0.390 e. The summed E-state index contributed by atoms with van der Waals surface area (Å²) >= 11 is 12.2. The van der Waals surface area contributed by atoms with E-state index in [1.807, 2.05) is 13.0 Å². The summed E-state index contributed by atoms with van der Waals surface area (Å²) in [4.78, 5) is 28.1.